The molecule has 1 atom stereocenters. The highest BCUT2D eigenvalue weighted by atomic mass is 35.5. The lowest BCUT2D eigenvalue weighted by Gasteiger charge is -2.26. The van der Waals surface area contributed by atoms with Gasteiger partial charge in [-0.25, -0.2) is 8.42 Å². The molecule has 0 spiro atoms. The second kappa shape index (κ2) is 6.37. The number of hydrogen-bond donors (Lipinski definition) is 0. The molecule has 0 N–H and O–H groups in total. The minimum atomic E-state index is -3.43. The predicted octanol–water partition coefficient (Wildman–Crippen LogP) is 3.60. The van der Waals surface area contributed by atoms with Crippen molar-refractivity contribution in [1.29, 1.82) is 0 Å². The van der Waals surface area contributed by atoms with Gasteiger partial charge in [0.15, 0.2) is 0 Å². The number of hydrogen-bond acceptors (Lipinski definition) is 3. The molecule has 0 aliphatic heterocycles. The second-order valence-corrected chi connectivity index (χ2v) is 7.33. The summed E-state index contributed by atoms with van der Waals surface area (Å²) >= 11 is 7.25. The van der Waals surface area contributed by atoms with Gasteiger partial charge in [-0.2, -0.15) is 4.31 Å². The molecule has 0 aliphatic carbocycles. The van der Waals surface area contributed by atoms with Gasteiger partial charge in [-0.3, -0.25) is 0 Å². The largest absolute Gasteiger partial charge is 0.244 e. The fraction of sp³-hybridized carbons (Fsp3) is 0.667. The molecule has 3 nitrogen and oxygen atoms in total. The van der Waals surface area contributed by atoms with Gasteiger partial charge >= 0.3 is 0 Å². The van der Waals surface area contributed by atoms with Crippen molar-refractivity contribution in [1.82, 2.24) is 4.31 Å². The van der Waals surface area contributed by atoms with Crippen LogP contribution in [0.3, 0.4) is 0 Å². The maximum absolute atomic E-state index is 12.7. The van der Waals surface area contributed by atoms with E-state index in [1.54, 1.807) is 4.31 Å². The van der Waals surface area contributed by atoms with E-state index in [0.717, 1.165) is 16.9 Å². The molecule has 0 fully saturated rings. The molecule has 0 aliphatic rings. The molecule has 1 aromatic rings. The molecule has 6 heteroatoms. The average molecular weight is 310 g/mol. The quantitative estimate of drug-likeness (QED) is 0.753. The van der Waals surface area contributed by atoms with Crippen molar-refractivity contribution < 1.29 is 8.42 Å². The summed E-state index contributed by atoms with van der Waals surface area (Å²) in [6.45, 7) is 8.10. The predicted molar refractivity (Wildman–Crippen MR) is 77.9 cm³/mol. The fourth-order valence-electron chi connectivity index (χ4n) is 1.97. The topological polar surface area (TPSA) is 37.4 Å². The smallest absolute Gasteiger partial charge is 0.207 e. The number of halogens is 1. The van der Waals surface area contributed by atoms with Gasteiger partial charge in [0, 0.05) is 17.5 Å². The molecule has 0 amide bonds. The summed E-state index contributed by atoms with van der Waals surface area (Å²) in [6.07, 6.45) is 0.798. The van der Waals surface area contributed by atoms with Crippen molar-refractivity contribution in [3.63, 3.8) is 0 Å². The molecule has 1 heterocycles. The number of alkyl halides is 1. The number of rotatable bonds is 6. The van der Waals surface area contributed by atoms with E-state index in [2.05, 4.69) is 0 Å². The maximum atomic E-state index is 12.7. The summed E-state index contributed by atoms with van der Waals surface area (Å²) in [6, 6.07) is 0.00229. The van der Waals surface area contributed by atoms with Gasteiger partial charge in [-0.1, -0.05) is 13.8 Å². The van der Waals surface area contributed by atoms with Gasteiger partial charge in [0.05, 0.1) is 5.88 Å². The Labute approximate surface area is 119 Å². The van der Waals surface area contributed by atoms with E-state index in [1.807, 2.05) is 33.1 Å². The Hall–Kier alpha value is -0.100. The zero-order valence-electron chi connectivity index (χ0n) is 11.2. The van der Waals surface area contributed by atoms with Gasteiger partial charge < -0.3 is 0 Å². The summed E-state index contributed by atoms with van der Waals surface area (Å²) in [7, 11) is -3.43. The van der Waals surface area contributed by atoms with Crippen molar-refractivity contribution in [2.75, 3.05) is 6.54 Å². The summed E-state index contributed by atoms with van der Waals surface area (Å²) in [5.74, 6) is 0.241. The van der Waals surface area contributed by atoms with Crippen molar-refractivity contribution in [2.24, 2.45) is 0 Å². The first kappa shape index (κ1) is 16.0. The Morgan fingerprint density at radius 3 is 2.50 bits per heavy atom. The Bertz CT molecular complexity index is 496. The highest BCUT2D eigenvalue weighted by Gasteiger charge is 2.31. The third-order valence-corrected chi connectivity index (χ3v) is 7.05. The molecule has 104 valence electrons. The van der Waals surface area contributed by atoms with Crippen LogP contribution in [-0.2, 0) is 15.9 Å². The maximum Gasteiger partial charge on any atom is 0.244 e. The summed E-state index contributed by atoms with van der Waals surface area (Å²) in [5.41, 5.74) is 0.789. The average Bonchev–Trinajstić information content (AvgIpc) is 2.71. The zero-order chi connectivity index (χ0) is 13.9. The van der Waals surface area contributed by atoms with Crippen LogP contribution in [0.25, 0.3) is 0 Å². The van der Waals surface area contributed by atoms with E-state index in [9.17, 15) is 8.42 Å². The van der Waals surface area contributed by atoms with Crippen LogP contribution in [0.4, 0.5) is 0 Å². The molecule has 1 rings (SSSR count). The van der Waals surface area contributed by atoms with E-state index < -0.39 is 10.0 Å². The molecular formula is C12H20ClNO2S2. The Balaban J connectivity index is 3.31. The number of thiophene rings is 1. The zero-order valence-corrected chi connectivity index (χ0v) is 13.6. The lowest BCUT2D eigenvalue weighted by atomic mass is 10.3. The Kier molecular flexibility index (Phi) is 5.65. The van der Waals surface area contributed by atoms with Gasteiger partial charge in [0.25, 0.3) is 0 Å². The summed E-state index contributed by atoms with van der Waals surface area (Å²) < 4.78 is 27.0. The molecule has 1 aromatic heterocycles. The molecule has 18 heavy (non-hydrogen) atoms. The lowest BCUT2D eigenvalue weighted by molar-refractivity contribution is 0.342. The van der Waals surface area contributed by atoms with E-state index in [4.69, 9.17) is 11.6 Å². The molecule has 0 saturated heterocycles. The first-order valence-corrected chi connectivity index (χ1v) is 8.90. The first-order chi connectivity index (χ1) is 8.39. The first-order valence-electron chi connectivity index (χ1n) is 6.04. The molecule has 0 radical (unpaired) electrons. The van der Waals surface area contributed by atoms with E-state index >= 15 is 0 Å². The third-order valence-electron chi connectivity index (χ3n) is 3.07. The molecular weight excluding hydrogens is 290 g/mol. The standard InChI is InChI=1S/C12H20ClNO2S2/c1-5-10(4)14(6-2)18(15,16)12-9(3)8-17-11(12)7-13/h8,10H,5-7H2,1-4H3. The lowest BCUT2D eigenvalue weighted by Crippen LogP contribution is -2.38. The monoisotopic (exact) mass is 309 g/mol. The van der Waals surface area contributed by atoms with Gasteiger partial charge in [-0.05, 0) is 31.2 Å². The van der Waals surface area contributed by atoms with Crippen molar-refractivity contribution in [3.8, 4) is 0 Å². The van der Waals surface area contributed by atoms with Crippen molar-refractivity contribution in [2.45, 2.75) is 50.9 Å². The third kappa shape index (κ3) is 2.90. The summed E-state index contributed by atoms with van der Waals surface area (Å²) in [4.78, 5) is 1.14. The molecule has 0 bridgehead atoms. The number of nitrogens with zero attached hydrogens (tertiary/aromatic N) is 1. The number of sulfonamides is 1. The second-order valence-electron chi connectivity index (χ2n) is 4.27. The normalized spacial score (nSPS) is 14.1. The van der Waals surface area contributed by atoms with Crippen LogP contribution < -0.4 is 0 Å². The van der Waals surface area contributed by atoms with E-state index in [1.165, 1.54) is 11.3 Å². The van der Waals surface area contributed by atoms with Crippen molar-refractivity contribution in [3.05, 3.63) is 15.8 Å². The molecule has 1 unspecified atom stereocenters. The Morgan fingerprint density at radius 2 is 2.06 bits per heavy atom. The molecule has 0 aromatic carbocycles. The van der Waals surface area contributed by atoms with Crippen LogP contribution in [0.1, 0.15) is 37.6 Å². The Morgan fingerprint density at radius 1 is 1.44 bits per heavy atom. The fourth-order valence-corrected chi connectivity index (χ4v) is 5.69. The minimum absolute atomic E-state index is 0.00229. The van der Waals surface area contributed by atoms with Crippen LogP contribution in [-0.4, -0.2) is 25.3 Å². The highest BCUT2D eigenvalue weighted by Crippen LogP contribution is 2.31. The van der Waals surface area contributed by atoms with Gasteiger partial charge in [0.1, 0.15) is 4.90 Å². The van der Waals surface area contributed by atoms with E-state index in [-0.39, 0.29) is 11.9 Å². The van der Waals surface area contributed by atoms with Crippen LogP contribution >= 0.6 is 22.9 Å². The van der Waals surface area contributed by atoms with Gasteiger partial charge in [0.2, 0.25) is 10.0 Å². The van der Waals surface area contributed by atoms with Crippen molar-refractivity contribution >= 4 is 33.0 Å². The minimum Gasteiger partial charge on any atom is -0.207 e. The highest BCUT2D eigenvalue weighted by molar-refractivity contribution is 7.89. The van der Waals surface area contributed by atoms with Crippen LogP contribution in [0, 0.1) is 6.92 Å². The SMILES string of the molecule is CCC(C)N(CC)S(=O)(=O)c1c(C)csc1CCl. The van der Waals surface area contributed by atoms with Gasteiger partial charge in [-0.15, -0.1) is 22.9 Å². The molecule has 0 saturated carbocycles. The van der Waals surface area contributed by atoms with Crippen LogP contribution in [0.5, 0.6) is 0 Å². The van der Waals surface area contributed by atoms with Crippen LogP contribution in [0.2, 0.25) is 0 Å². The number of aryl methyl sites for hydroxylation is 1. The van der Waals surface area contributed by atoms with E-state index in [0.29, 0.717) is 11.4 Å². The summed E-state index contributed by atoms with van der Waals surface area (Å²) in [5, 5.41) is 1.86. The van der Waals surface area contributed by atoms with Crippen LogP contribution in [0.15, 0.2) is 10.3 Å².